The van der Waals surface area contributed by atoms with Crippen LogP contribution in [0, 0.1) is 10.1 Å². The molecule has 2 aromatic carbocycles. The highest BCUT2D eigenvalue weighted by Crippen LogP contribution is 2.29. The van der Waals surface area contributed by atoms with Crippen LogP contribution in [0.1, 0.15) is 30.6 Å². The molecule has 0 saturated carbocycles. The van der Waals surface area contributed by atoms with Gasteiger partial charge in [0.2, 0.25) is 0 Å². The van der Waals surface area contributed by atoms with Crippen molar-refractivity contribution < 1.29 is 28.7 Å². The zero-order valence-electron chi connectivity index (χ0n) is 16.3. The molecule has 0 unspecified atom stereocenters. The van der Waals surface area contributed by atoms with Crippen molar-refractivity contribution in [2.75, 3.05) is 19.0 Å². The Labute approximate surface area is 167 Å². The van der Waals surface area contributed by atoms with Gasteiger partial charge in [-0.25, -0.2) is 4.79 Å². The molecule has 0 aromatic heterocycles. The van der Waals surface area contributed by atoms with Crippen LogP contribution in [0.4, 0.5) is 11.4 Å². The predicted octanol–water partition coefficient (Wildman–Crippen LogP) is 3.58. The first-order valence-electron chi connectivity index (χ1n) is 8.92. The van der Waals surface area contributed by atoms with E-state index in [9.17, 15) is 19.7 Å². The van der Waals surface area contributed by atoms with Gasteiger partial charge in [-0.3, -0.25) is 14.9 Å². The number of anilines is 1. The Morgan fingerprint density at radius 2 is 1.86 bits per heavy atom. The number of non-ortho nitro benzene ring substituents is 1. The van der Waals surface area contributed by atoms with Gasteiger partial charge in [0.25, 0.3) is 11.6 Å². The highest BCUT2D eigenvalue weighted by Gasteiger charge is 2.21. The average molecular weight is 402 g/mol. The molecule has 2 rings (SSSR count). The van der Waals surface area contributed by atoms with E-state index in [0.29, 0.717) is 12.4 Å². The lowest BCUT2D eigenvalue weighted by molar-refractivity contribution is -0.384. The molecule has 1 N–H and O–H groups in total. The molecule has 0 aliphatic heterocycles. The highest BCUT2D eigenvalue weighted by molar-refractivity contribution is 5.98. The number of nitrogens with zero attached hydrogens (tertiary/aromatic N) is 1. The lowest BCUT2D eigenvalue weighted by atomic mass is 10.2. The van der Waals surface area contributed by atoms with E-state index in [2.05, 4.69) is 5.32 Å². The summed E-state index contributed by atoms with van der Waals surface area (Å²) < 4.78 is 15.7. The number of carbonyl (C=O) groups is 2. The van der Waals surface area contributed by atoms with Gasteiger partial charge < -0.3 is 19.5 Å². The number of methoxy groups -OCH3 is 1. The van der Waals surface area contributed by atoms with Crippen molar-refractivity contribution in [3.63, 3.8) is 0 Å². The van der Waals surface area contributed by atoms with Crippen molar-refractivity contribution in [2.24, 2.45) is 0 Å². The summed E-state index contributed by atoms with van der Waals surface area (Å²) in [7, 11) is 1.37. The topological polar surface area (TPSA) is 117 Å². The summed E-state index contributed by atoms with van der Waals surface area (Å²) in [6, 6.07) is 10.2. The Hall–Kier alpha value is -3.62. The lowest BCUT2D eigenvalue weighted by Gasteiger charge is -2.15. The van der Waals surface area contributed by atoms with E-state index >= 15 is 0 Å². The number of ether oxygens (including phenoxy) is 3. The summed E-state index contributed by atoms with van der Waals surface area (Å²) in [6.45, 7) is 3.96. The maximum absolute atomic E-state index is 12.4. The summed E-state index contributed by atoms with van der Waals surface area (Å²) in [4.78, 5) is 35.0. The van der Waals surface area contributed by atoms with Crippen LogP contribution in [0.15, 0.2) is 42.5 Å². The number of nitrogens with one attached hydrogen (secondary N) is 1. The van der Waals surface area contributed by atoms with Gasteiger partial charge in [0.15, 0.2) is 6.10 Å². The number of amides is 1. The number of benzene rings is 2. The Bertz CT molecular complexity index is 881. The first kappa shape index (κ1) is 21.7. The molecule has 9 heteroatoms. The Balaban J connectivity index is 2.02. The van der Waals surface area contributed by atoms with Crippen LogP contribution in [0.5, 0.6) is 11.5 Å². The molecule has 0 radical (unpaired) electrons. The van der Waals surface area contributed by atoms with Crippen LogP contribution in [-0.2, 0) is 9.53 Å². The zero-order valence-corrected chi connectivity index (χ0v) is 16.3. The second kappa shape index (κ2) is 10.1. The van der Waals surface area contributed by atoms with E-state index < -0.39 is 22.9 Å². The molecule has 29 heavy (non-hydrogen) atoms. The molecule has 1 amide bonds. The summed E-state index contributed by atoms with van der Waals surface area (Å²) in [6.07, 6.45) is -0.270. The van der Waals surface area contributed by atoms with Gasteiger partial charge in [0.1, 0.15) is 11.5 Å². The molecular formula is C20H22N2O7. The van der Waals surface area contributed by atoms with Gasteiger partial charge in [-0.15, -0.1) is 0 Å². The highest BCUT2D eigenvalue weighted by atomic mass is 16.6. The largest absolute Gasteiger partial charge is 0.495 e. The van der Waals surface area contributed by atoms with Crippen LogP contribution in [0.2, 0.25) is 0 Å². The molecule has 1 atom stereocenters. The molecule has 0 aliphatic carbocycles. The van der Waals surface area contributed by atoms with Crippen molar-refractivity contribution >= 4 is 23.3 Å². The van der Waals surface area contributed by atoms with Crippen LogP contribution >= 0.6 is 0 Å². The van der Waals surface area contributed by atoms with Crippen molar-refractivity contribution in [1.29, 1.82) is 0 Å². The molecule has 0 aliphatic rings. The SMILES string of the molecule is CCCOc1ccc(C(=O)O[C@@H](C)C(=O)Nc2cc([N+](=O)[O-])ccc2OC)cc1. The van der Waals surface area contributed by atoms with E-state index in [4.69, 9.17) is 14.2 Å². The molecular weight excluding hydrogens is 380 g/mol. The Morgan fingerprint density at radius 1 is 1.17 bits per heavy atom. The molecule has 0 saturated heterocycles. The van der Waals surface area contributed by atoms with Gasteiger partial charge >= 0.3 is 5.97 Å². The summed E-state index contributed by atoms with van der Waals surface area (Å²) >= 11 is 0. The average Bonchev–Trinajstić information content (AvgIpc) is 2.72. The van der Waals surface area contributed by atoms with Crippen LogP contribution in [0.25, 0.3) is 0 Å². The number of esters is 1. The van der Waals surface area contributed by atoms with E-state index in [-0.39, 0.29) is 22.7 Å². The normalized spacial score (nSPS) is 11.3. The van der Waals surface area contributed by atoms with Gasteiger partial charge in [-0.05, 0) is 43.7 Å². The van der Waals surface area contributed by atoms with Crippen molar-refractivity contribution in [2.45, 2.75) is 26.4 Å². The molecule has 9 nitrogen and oxygen atoms in total. The summed E-state index contributed by atoms with van der Waals surface area (Å²) in [5.74, 6) is -0.460. The van der Waals surface area contributed by atoms with Crippen LogP contribution in [-0.4, -0.2) is 36.6 Å². The molecule has 0 spiro atoms. The number of carbonyl (C=O) groups excluding carboxylic acids is 2. The second-order valence-electron chi connectivity index (χ2n) is 6.05. The maximum atomic E-state index is 12.4. The van der Waals surface area contributed by atoms with E-state index in [1.54, 1.807) is 24.3 Å². The second-order valence-corrected chi connectivity index (χ2v) is 6.05. The first-order valence-corrected chi connectivity index (χ1v) is 8.92. The van der Waals surface area contributed by atoms with Crippen LogP contribution < -0.4 is 14.8 Å². The van der Waals surface area contributed by atoms with Crippen molar-refractivity contribution in [1.82, 2.24) is 0 Å². The third kappa shape index (κ3) is 5.93. The molecule has 0 fully saturated rings. The van der Waals surface area contributed by atoms with Crippen molar-refractivity contribution in [3.05, 3.63) is 58.1 Å². The van der Waals surface area contributed by atoms with E-state index in [1.807, 2.05) is 6.92 Å². The summed E-state index contributed by atoms with van der Waals surface area (Å²) in [5.41, 5.74) is 0.157. The van der Waals surface area contributed by atoms with Gasteiger partial charge in [-0.1, -0.05) is 6.92 Å². The summed E-state index contributed by atoms with van der Waals surface area (Å²) in [5, 5.41) is 13.4. The smallest absolute Gasteiger partial charge is 0.338 e. The van der Waals surface area contributed by atoms with E-state index in [0.717, 1.165) is 6.42 Å². The molecule has 154 valence electrons. The number of nitro benzene ring substituents is 1. The first-order chi connectivity index (χ1) is 13.8. The van der Waals surface area contributed by atoms with Gasteiger partial charge in [0, 0.05) is 12.1 Å². The Kier molecular flexibility index (Phi) is 7.53. The number of nitro groups is 1. The van der Waals surface area contributed by atoms with Crippen LogP contribution in [0.3, 0.4) is 0 Å². The lowest BCUT2D eigenvalue weighted by Crippen LogP contribution is -2.30. The molecule has 0 bridgehead atoms. The monoisotopic (exact) mass is 402 g/mol. The van der Waals surface area contributed by atoms with Gasteiger partial charge in [-0.2, -0.15) is 0 Å². The minimum absolute atomic E-state index is 0.104. The number of hydrogen-bond donors (Lipinski definition) is 1. The molecule has 0 heterocycles. The Morgan fingerprint density at radius 3 is 2.45 bits per heavy atom. The predicted molar refractivity (Wildman–Crippen MR) is 105 cm³/mol. The zero-order chi connectivity index (χ0) is 21.4. The molecule has 2 aromatic rings. The number of hydrogen-bond acceptors (Lipinski definition) is 7. The fourth-order valence-electron chi connectivity index (χ4n) is 2.33. The number of rotatable bonds is 9. The minimum atomic E-state index is -1.14. The third-order valence-electron chi connectivity index (χ3n) is 3.87. The fourth-order valence-corrected chi connectivity index (χ4v) is 2.33. The standard InChI is InChI=1S/C20H22N2O7/c1-4-11-28-16-8-5-14(6-9-16)20(24)29-13(2)19(23)21-17-12-15(22(25)26)7-10-18(17)27-3/h5-10,12-13H,4,11H2,1-3H3,(H,21,23)/t13-/m0/s1. The quantitative estimate of drug-likeness (QED) is 0.387. The maximum Gasteiger partial charge on any atom is 0.338 e. The fraction of sp³-hybridized carbons (Fsp3) is 0.300. The van der Waals surface area contributed by atoms with E-state index in [1.165, 1.54) is 32.2 Å². The third-order valence-corrected chi connectivity index (χ3v) is 3.87. The van der Waals surface area contributed by atoms with Gasteiger partial charge in [0.05, 0.1) is 29.9 Å². The van der Waals surface area contributed by atoms with Crippen molar-refractivity contribution in [3.8, 4) is 11.5 Å². The minimum Gasteiger partial charge on any atom is -0.495 e.